The lowest BCUT2D eigenvalue weighted by atomic mass is 9.70. The average molecular weight is 515 g/mol. The van der Waals surface area contributed by atoms with Gasteiger partial charge in [-0.2, -0.15) is 5.10 Å². The molecule has 0 spiro atoms. The number of carbonyl (C=O) groups is 1. The summed E-state index contributed by atoms with van der Waals surface area (Å²) in [6.45, 7) is 8.90. The fourth-order valence-corrected chi connectivity index (χ4v) is 6.66. The Morgan fingerprint density at radius 2 is 1.76 bits per heavy atom. The smallest absolute Gasteiger partial charge is 0.228 e. The SMILES string of the molecule is Cn1ncc(-c2ccc3cnc(NC(=O)C4CCN(CC5(C)CCC5)CC4)cc3c2)c1CN1CCCCC1. The fourth-order valence-electron chi connectivity index (χ4n) is 6.66. The van der Waals surface area contributed by atoms with Crippen LogP contribution in [0.1, 0.15) is 64.0 Å². The number of nitrogens with one attached hydrogen (secondary N) is 1. The first-order valence-corrected chi connectivity index (χ1v) is 14.6. The highest BCUT2D eigenvalue weighted by atomic mass is 16.1. The van der Waals surface area contributed by atoms with E-state index in [0.717, 1.165) is 61.9 Å². The summed E-state index contributed by atoms with van der Waals surface area (Å²) in [6.07, 6.45) is 13.7. The van der Waals surface area contributed by atoms with Gasteiger partial charge in [0.15, 0.2) is 0 Å². The molecule has 1 N–H and O–H groups in total. The van der Waals surface area contributed by atoms with Crippen molar-refractivity contribution in [3.8, 4) is 11.1 Å². The van der Waals surface area contributed by atoms with Crippen LogP contribution >= 0.6 is 0 Å². The maximum atomic E-state index is 13.1. The number of carbonyl (C=O) groups excluding carboxylic acids is 1. The highest BCUT2D eigenvalue weighted by Crippen LogP contribution is 2.41. The van der Waals surface area contributed by atoms with Gasteiger partial charge < -0.3 is 10.2 Å². The van der Waals surface area contributed by atoms with Crippen LogP contribution in [-0.4, -0.2) is 63.2 Å². The molecule has 3 aromatic rings. The highest BCUT2D eigenvalue weighted by Gasteiger charge is 2.35. The van der Waals surface area contributed by atoms with E-state index in [0.29, 0.717) is 11.2 Å². The molecular weight excluding hydrogens is 472 g/mol. The molecule has 1 saturated carbocycles. The Kier molecular flexibility index (Phi) is 7.23. The lowest BCUT2D eigenvalue weighted by molar-refractivity contribution is -0.121. The lowest BCUT2D eigenvalue weighted by Gasteiger charge is -2.44. The van der Waals surface area contributed by atoms with Crippen molar-refractivity contribution in [3.63, 3.8) is 0 Å². The van der Waals surface area contributed by atoms with E-state index in [2.05, 4.69) is 50.3 Å². The number of benzene rings is 1. The fraction of sp³-hybridized carbons (Fsp3) is 0.581. The third-order valence-corrected chi connectivity index (χ3v) is 9.29. The number of piperidine rings is 2. The van der Waals surface area contributed by atoms with Gasteiger partial charge in [0, 0.05) is 43.2 Å². The van der Waals surface area contributed by atoms with Gasteiger partial charge in [0.25, 0.3) is 0 Å². The van der Waals surface area contributed by atoms with Gasteiger partial charge in [-0.25, -0.2) is 4.98 Å². The quantitative estimate of drug-likeness (QED) is 0.453. The predicted molar refractivity (Wildman–Crippen MR) is 153 cm³/mol. The Bertz CT molecular complexity index is 1280. The van der Waals surface area contributed by atoms with Crippen LogP contribution in [0.25, 0.3) is 21.9 Å². The molecule has 2 aromatic heterocycles. The summed E-state index contributed by atoms with van der Waals surface area (Å²) < 4.78 is 2.02. The predicted octanol–water partition coefficient (Wildman–Crippen LogP) is 5.46. The molecule has 0 atom stereocenters. The van der Waals surface area contributed by atoms with Crippen molar-refractivity contribution in [2.24, 2.45) is 18.4 Å². The molecule has 7 nitrogen and oxygen atoms in total. The number of anilines is 1. The first-order valence-electron chi connectivity index (χ1n) is 14.6. The minimum atomic E-state index is 0.0667. The van der Waals surface area contributed by atoms with Crippen molar-refractivity contribution in [2.75, 3.05) is 38.0 Å². The standard InChI is InChI=1S/C31H42N6O/c1-31(11-6-12-31)22-37-15-9-23(10-16-37)30(38)34-29-18-26-17-24(7-8-25(26)19-32-29)27-20-33-35(2)28(27)21-36-13-4-3-5-14-36/h7-8,17-20,23H,3-6,9-16,21-22H2,1-2H3,(H,32,34,38). The van der Waals surface area contributed by atoms with E-state index in [-0.39, 0.29) is 11.8 Å². The first-order chi connectivity index (χ1) is 18.5. The third-order valence-electron chi connectivity index (χ3n) is 9.29. The molecule has 2 saturated heterocycles. The molecule has 3 aliphatic rings. The van der Waals surface area contributed by atoms with Crippen LogP contribution in [-0.2, 0) is 18.4 Å². The number of aromatic nitrogens is 3. The zero-order chi connectivity index (χ0) is 26.1. The monoisotopic (exact) mass is 514 g/mol. The van der Waals surface area contributed by atoms with Crippen molar-refractivity contribution >= 4 is 22.5 Å². The minimum absolute atomic E-state index is 0.0667. The van der Waals surface area contributed by atoms with Crippen LogP contribution in [0.4, 0.5) is 5.82 Å². The van der Waals surface area contributed by atoms with Crippen molar-refractivity contribution in [3.05, 3.63) is 42.4 Å². The Labute approximate surface area is 226 Å². The summed E-state index contributed by atoms with van der Waals surface area (Å²) >= 11 is 0. The molecule has 0 unspecified atom stereocenters. The van der Waals surface area contributed by atoms with E-state index >= 15 is 0 Å². The molecule has 0 radical (unpaired) electrons. The second-order valence-electron chi connectivity index (χ2n) is 12.3. The normalized spacial score (nSPS) is 20.9. The van der Waals surface area contributed by atoms with Crippen LogP contribution in [0, 0.1) is 11.3 Å². The van der Waals surface area contributed by atoms with Gasteiger partial charge in [0.05, 0.1) is 11.9 Å². The maximum absolute atomic E-state index is 13.1. The van der Waals surface area contributed by atoms with Crippen LogP contribution in [0.2, 0.25) is 0 Å². The van der Waals surface area contributed by atoms with Crippen LogP contribution in [0.5, 0.6) is 0 Å². The first kappa shape index (κ1) is 25.5. The molecule has 6 rings (SSSR count). The number of aryl methyl sites for hydroxylation is 1. The van der Waals surface area contributed by atoms with Crippen molar-refractivity contribution in [1.82, 2.24) is 24.6 Å². The van der Waals surface area contributed by atoms with E-state index in [1.807, 2.05) is 30.2 Å². The summed E-state index contributed by atoms with van der Waals surface area (Å²) in [7, 11) is 2.04. The average Bonchev–Trinajstić information content (AvgIpc) is 3.28. The van der Waals surface area contributed by atoms with Gasteiger partial charge in [-0.1, -0.05) is 31.9 Å². The summed E-state index contributed by atoms with van der Waals surface area (Å²) in [5, 5.41) is 9.89. The number of nitrogens with zero attached hydrogens (tertiary/aromatic N) is 5. The van der Waals surface area contributed by atoms with Crippen LogP contribution in [0.15, 0.2) is 36.7 Å². The highest BCUT2D eigenvalue weighted by molar-refractivity contribution is 5.95. The molecule has 7 heteroatoms. The Morgan fingerprint density at radius 1 is 0.974 bits per heavy atom. The molecule has 1 aliphatic carbocycles. The van der Waals surface area contributed by atoms with Gasteiger partial charge in [0.2, 0.25) is 5.91 Å². The number of hydrogen-bond acceptors (Lipinski definition) is 5. The molecule has 202 valence electrons. The van der Waals surface area contributed by atoms with Gasteiger partial charge in [-0.15, -0.1) is 0 Å². The number of rotatable bonds is 7. The van der Waals surface area contributed by atoms with Gasteiger partial charge in [-0.3, -0.25) is 14.4 Å². The van der Waals surface area contributed by atoms with Crippen LogP contribution in [0.3, 0.4) is 0 Å². The van der Waals surface area contributed by atoms with Gasteiger partial charge in [0.1, 0.15) is 5.82 Å². The second-order valence-corrected chi connectivity index (χ2v) is 12.3. The number of hydrogen-bond donors (Lipinski definition) is 1. The molecule has 1 aromatic carbocycles. The van der Waals surface area contributed by atoms with Crippen molar-refractivity contribution in [1.29, 1.82) is 0 Å². The van der Waals surface area contributed by atoms with Gasteiger partial charge >= 0.3 is 0 Å². The summed E-state index contributed by atoms with van der Waals surface area (Å²) in [5.74, 6) is 0.819. The zero-order valence-electron chi connectivity index (χ0n) is 23.1. The number of pyridine rings is 1. The molecule has 1 amide bonds. The molecular formula is C31H42N6O. The molecule has 3 fully saturated rings. The van der Waals surface area contributed by atoms with Crippen LogP contribution < -0.4 is 5.32 Å². The van der Waals surface area contributed by atoms with Crippen molar-refractivity contribution < 1.29 is 4.79 Å². The van der Waals surface area contributed by atoms with E-state index in [4.69, 9.17) is 0 Å². The summed E-state index contributed by atoms with van der Waals surface area (Å²) in [5.41, 5.74) is 4.11. The number of likely N-dealkylation sites (tertiary alicyclic amines) is 2. The number of amides is 1. The largest absolute Gasteiger partial charge is 0.310 e. The molecule has 4 heterocycles. The van der Waals surface area contributed by atoms with Crippen molar-refractivity contribution in [2.45, 2.75) is 64.8 Å². The molecule has 0 bridgehead atoms. The summed E-state index contributed by atoms with van der Waals surface area (Å²) in [6, 6.07) is 8.52. The van der Waals surface area contributed by atoms with Gasteiger partial charge in [-0.05, 0) is 93.2 Å². The Hall–Kier alpha value is -2.77. The third kappa shape index (κ3) is 5.50. The molecule has 2 aliphatic heterocycles. The van der Waals surface area contributed by atoms with E-state index < -0.39 is 0 Å². The Morgan fingerprint density at radius 3 is 2.50 bits per heavy atom. The van der Waals surface area contributed by atoms with E-state index in [1.165, 1.54) is 56.3 Å². The Balaban J connectivity index is 1.13. The topological polar surface area (TPSA) is 66.3 Å². The second kappa shape index (κ2) is 10.8. The lowest BCUT2D eigenvalue weighted by Crippen LogP contribution is -2.45. The molecule has 38 heavy (non-hydrogen) atoms. The summed E-state index contributed by atoms with van der Waals surface area (Å²) in [4.78, 5) is 22.8. The van der Waals surface area contributed by atoms with E-state index in [1.54, 1.807) is 0 Å². The number of fused-ring (bicyclic) bond motifs is 1. The minimum Gasteiger partial charge on any atom is -0.310 e. The maximum Gasteiger partial charge on any atom is 0.228 e. The van der Waals surface area contributed by atoms with E-state index in [9.17, 15) is 4.79 Å². The zero-order valence-corrected chi connectivity index (χ0v) is 23.1.